The molecule has 1 aliphatic heterocycles. The molecule has 4 nitrogen and oxygen atoms in total. The Labute approximate surface area is 92.1 Å². The van der Waals surface area contributed by atoms with Crippen molar-refractivity contribution in [1.29, 1.82) is 0 Å². The second kappa shape index (κ2) is 3.66. The van der Waals surface area contributed by atoms with Gasteiger partial charge in [0, 0.05) is 23.3 Å². The van der Waals surface area contributed by atoms with Gasteiger partial charge in [0.15, 0.2) is 0 Å². The number of rotatable bonds is 0. The highest BCUT2D eigenvalue weighted by Gasteiger charge is 2.06. The van der Waals surface area contributed by atoms with E-state index >= 15 is 0 Å². The third-order valence-electron chi connectivity index (χ3n) is 2.39. The van der Waals surface area contributed by atoms with E-state index in [1.54, 1.807) is 12.4 Å². The van der Waals surface area contributed by atoms with Crippen molar-refractivity contribution in [3.63, 3.8) is 0 Å². The lowest BCUT2D eigenvalue weighted by Gasteiger charge is -2.04. The number of fused-ring (bicyclic) bond motifs is 3. The Kier molecular flexibility index (Phi) is 2.04. The molecule has 0 fully saturated rings. The summed E-state index contributed by atoms with van der Waals surface area (Å²) >= 11 is 0. The molecule has 2 aromatic rings. The lowest BCUT2D eigenvalue weighted by atomic mass is 10.1. The first kappa shape index (κ1) is 8.91. The molecular formula is C12H8N4. The number of hydrogen-bond donors (Lipinski definition) is 0. The van der Waals surface area contributed by atoms with E-state index in [9.17, 15) is 0 Å². The largest absolute Gasteiger partial charge is 0.244 e. The van der Waals surface area contributed by atoms with E-state index in [-0.39, 0.29) is 0 Å². The lowest BCUT2D eigenvalue weighted by molar-refractivity contribution is 1.20. The van der Waals surface area contributed by atoms with Gasteiger partial charge in [0.25, 0.3) is 0 Å². The Morgan fingerprint density at radius 3 is 3.06 bits per heavy atom. The van der Waals surface area contributed by atoms with Crippen molar-refractivity contribution in [2.45, 2.75) is 0 Å². The van der Waals surface area contributed by atoms with Gasteiger partial charge in [-0.2, -0.15) is 5.11 Å². The molecule has 0 spiro atoms. The van der Waals surface area contributed by atoms with Crippen molar-refractivity contribution in [2.24, 2.45) is 10.2 Å². The monoisotopic (exact) mass is 208 g/mol. The summed E-state index contributed by atoms with van der Waals surface area (Å²) in [4.78, 5) is 8.21. The minimum absolute atomic E-state index is 0.818. The molecule has 76 valence electrons. The summed E-state index contributed by atoms with van der Waals surface area (Å²) < 4.78 is 0. The minimum atomic E-state index is 0.818. The van der Waals surface area contributed by atoms with Crippen molar-refractivity contribution in [3.05, 3.63) is 48.6 Å². The van der Waals surface area contributed by atoms with Crippen LogP contribution in [-0.2, 0) is 0 Å². The van der Waals surface area contributed by atoms with Crippen LogP contribution in [0.4, 0.5) is 5.69 Å². The molecule has 1 aliphatic rings. The summed E-state index contributed by atoms with van der Waals surface area (Å²) in [5.74, 6) is 0. The normalized spacial score (nSPS) is 13.5. The SMILES string of the molecule is C1=CN=Nc2c(ccc3ncncc23)C=C1. The molecule has 1 aromatic carbocycles. The summed E-state index contributed by atoms with van der Waals surface area (Å²) in [7, 11) is 0. The Morgan fingerprint density at radius 2 is 2.06 bits per heavy atom. The Hall–Kier alpha value is -2.36. The van der Waals surface area contributed by atoms with Crippen LogP contribution in [0.5, 0.6) is 0 Å². The van der Waals surface area contributed by atoms with E-state index in [1.165, 1.54) is 6.33 Å². The fraction of sp³-hybridized carbons (Fsp3) is 0. The first-order valence-corrected chi connectivity index (χ1v) is 4.92. The molecule has 3 rings (SSSR count). The third-order valence-corrected chi connectivity index (χ3v) is 2.39. The number of allylic oxidation sites excluding steroid dienone is 2. The van der Waals surface area contributed by atoms with Crippen LogP contribution >= 0.6 is 0 Å². The molecule has 0 amide bonds. The van der Waals surface area contributed by atoms with Crippen molar-refractivity contribution >= 4 is 22.7 Å². The van der Waals surface area contributed by atoms with E-state index in [2.05, 4.69) is 20.2 Å². The molecule has 0 saturated carbocycles. The number of nitrogens with zero attached hydrogens (tertiary/aromatic N) is 4. The zero-order valence-corrected chi connectivity index (χ0v) is 8.41. The summed E-state index contributed by atoms with van der Waals surface area (Å²) in [5, 5.41) is 9.06. The Balaban J connectivity index is 2.38. The highest BCUT2D eigenvalue weighted by molar-refractivity contribution is 5.93. The molecule has 0 atom stereocenters. The Morgan fingerprint density at radius 1 is 1.06 bits per heavy atom. The minimum Gasteiger partial charge on any atom is -0.244 e. The van der Waals surface area contributed by atoms with Crippen LogP contribution in [0.3, 0.4) is 0 Å². The summed E-state index contributed by atoms with van der Waals surface area (Å²) in [6.45, 7) is 0. The fourth-order valence-corrected chi connectivity index (χ4v) is 1.64. The first-order chi connectivity index (χ1) is 7.95. The lowest BCUT2D eigenvalue weighted by Crippen LogP contribution is -1.84. The second-order valence-electron chi connectivity index (χ2n) is 3.38. The summed E-state index contributed by atoms with van der Waals surface area (Å²) in [6, 6.07) is 3.94. The summed E-state index contributed by atoms with van der Waals surface area (Å²) in [5.41, 5.74) is 2.72. The number of benzene rings is 1. The zero-order chi connectivity index (χ0) is 10.8. The van der Waals surface area contributed by atoms with Gasteiger partial charge < -0.3 is 0 Å². The van der Waals surface area contributed by atoms with Crippen LogP contribution in [0, 0.1) is 0 Å². The van der Waals surface area contributed by atoms with Crippen LogP contribution in [0.25, 0.3) is 17.0 Å². The maximum Gasteiger partial charge on any atom is 0.116 e. The fourth-order valence-electron chi connectivity index (χ4n) is 1.64. The van der Waals surface area contributed by atoms with Gasteiger partial charge in [-0.05, 0) is 12.1 Å². The maximum atomic E-state index is 4.19. The molecule has 1 aromatic heterocycles. The second-order valence-corrected chi connectivity index (χ2v) is 3.38. The predicted molar refractivity (Wildman–Crippen MR) is 62.2 cm³/mol. The zero-order valence-electron chi connectivity index (χ0n) is 8.41. The number of aromatic nitrogens is 2. The number of azo groups is 1. The van der Waals surface area contributed by atoms with Gasteiger partial charge in [-0.1, -0.05) is 18.2 Å². The first-order valence-electron chi connectivity index (χ1n) is 4.92. The number of hydrogen-bond acceptors (Lipinski definition) is 4. The molecule has 0 radical (unpaired) electrons. The van der Waals surface area contributed by atoms with Crippen LogP contribution in [0.2, 0.25) is 0 Å². The average molecular weight is 208 g/mol. The van der Waals surface area contributed by atoms with Crippen LogP contribution in [0.1, 0.15) is 5.56 Å². The van der Waals surface area contributed by atoms with Gasteiger partial charge in [0.1, 0.15) is 12.0 Å². The molecule has 0 saturated heterocycles. The van der Waals surface area contributed by atoms with Gasteiger partial charge >= 0.3 is 0 Å². The highest BCUT2D eigenvalue weighted by atomic mass is 15.1. The molecule has 4 heteroatoms. The van der Waals surface area contributed by atoms with Gasteiger partial charge in [-0.3, -0.25) is 0 Å². The van der Waals surface area contributed by atoms with Gasteiger partial charge in [-0.25, -0.2) is 9.97 Å². The average Bonchev–Trinajstić information content (AvgIpc) is 2.29. The van der Waals surface area contributed by atoms with Crippen LogP contribution < -0.4 is 0 Å². The molecule has 0 aliphatic carbocycles. The van der Waals surface area contributed by atoms with E-state index in [0.717, 1.165) is 22.2 Å². The van der Waals surface area contributed by atoms with E-state index < -0.39 is 0 Å². The van der Waals surface area contributed by atoms with Gasteiger partial charge in [0.05, 0.1) is 5.52 Å². The molecule has 0 bridgehead atoms. The smallest absolute Gasteiger partial charge is 0.116 e. The van der Waals surface area contributed by atoms with Gasteiger partial charge in [-0.15, -0.1) is 5.11 Å². The van der Waals surface area contributed by atoms with Gasteiger partial charge in [0.2, 0.25) is 0 Å². The maximum absolute atomic E-state index is 4.19. The van der Waals surface area contributed by atoms with Crippen LogP contribution in [0.15, 0.2) is 53.2 Å². The van der Waals surface area contributed by atoms with Crippen molar-refractivity contribution in [1.82, 2.24) is 9.97 Å². The molecule has 16 heavy (non-hydrogen) atoms. The van der Waals surface area contributed by atoms with E-state index in [4.69, 9.17) is 0 Å². The summed E-state index contributed by atoms with van der Waals surface area (Å²) in [6.07, 6.45) is 10.7. The quantitative estimate of drug-likeness (QED) is 0.667. The third kappa shape index (κ3) is 1.40. The van der Waals surface area contributed by atoms with E-state index in [1.807, 2.05) is 30.4 Å². The van der Waals surface area contributed by atoms with E-state index in [0.29, 0.717) is 0 Å². The van der Waals surface area contributed by atoms with Crippen molar-refractivity contribution in [3.8, 4) is 0 Å². The Bertz CT molecular complexity index is 626. The molecule has 0 unspecified atom stereocenters. The van der Waals surface area contributed by atoms with Crippen molar-refractivity contribution in [2.75, 3.05) is 0 Å². The molecule has 0 N–H and O–H groups in total. The standard InChI is InChI=1S/C12H8N4/c1-2-6-15-16-12-9(3-1)4-5-11-10(12)7-13-8-14-11/h1-8H. The molecule has 2 heterocycles. The van der Waals surface area contributed by atoms with Crippen molar-refractivity contribution < 1.29 is 0 Å². The van der Waals surface area contributed by atoms with Crippen LogP contribution in [-0.4, -0.2) is 9.97 Å². The molecular weight excluding hydrogens is 200 g/mol. The predicted octanol–water partition coefficient (Wildman–Crippen LogP) is 3.25. The topological polar surface area (TPSA) is 50.5 Å². The highest BCUT2D eigenvalue weighted by Crippen LogP contribution is 2.30.